The lowest BCUT2D eigenvalue weighted by atomic mass is 10.2. The molecule has 2 rings (SSSR count). The number of carboxylic acids is 1. The van der Waals surface area contributed by atoms with Crippen molar-refractivity contribution in [3.05, 3.63) is 60.2 Å². The van der Waals surface area contributed by atoms with Gasteiger partial charge >= 0.3 is 12.1 Å². The number of para-hydroxylation sites is 1. The number of carboxylic acid groups (broad SMARTS) is 1. The zero-order valence-electron chi connectivity index (χ0n) is 11.9. The minimum absolute atomic E-state index is 0.0741. The van der Waals surface area contributed by atoms with Gasteiger partial charge in [-0.25, -0.2) is 9.59 Å². The molecule has 0 radical (unpaired) electrons. The van der Waals surface area contributed by atoms with Crippen LogP contribution in [0.3, 0.4) is 0 Å². The molecule has 2 N–H and O–H groups in total. The van der Waals surface area contributed by atoms with E-state index in [4.69, 9.17) is 14.9 Å². The smallest absolute Gasteiger partial charge is 0.508 e. The maximum Gasteiger partial charge on any atom is 0.513 e. The van der Waals surface area contributed by atoms with E-state index in [0.717, 1.165) is 0 Å². The molecule has 0 heterocycles. The first-order valence-electron chi connectivity index (χ1n) is 6.45. The van der Waals surface area contributed by atoms with E-state index in [1.807, 2.05) is 6.07 Å². The third-order valence-corrected chi connectivity index (χ3v) is 2.32. The van der Waals surface area contributed by atoms with Crippen LogP contribution in [-0.2, 0) is 4.74 Å². The van der Waals surface area contributed by atoms with Gasteiger partial charge in [0.1, 0.15) is 11.5 Å². The van der Waals surface area contributed by atoms with Crippen LogP contribution in [0.15, 0.2) is 54.6 Å². The highest BCUT2D eigenvalue weighted by Gasteiger charge is 2.02. The highest BCUT2D eigenvalue weighted by molar-refractivity contribution is 5.87. The summed E-state index contributed by atoms with van der Waals surface area (Å²) in [6.45, 7) is 2.05. The zero-order valence-corrected chi connectivity index (χ0v) is 11.9. The number of phenolic OH excluding ortho intramolecular Hbond substituents is 1. The van der Waals surface area contributed by atoms with Crippen LogP contribution in [0.1, 0.15) is 17.3 Å². The number of carbonyl (C=O) groups excluding carboxylic acids is 1. The Bertz CT molecular complexity index is 592. The molecule has 0 aromatic heterocycles. The van der Waals surface area contributed by atoms with Crippen molar-refractivity contribution in [3.63, 3.8) is 0 Å². The minimum Gasteiger partial charge on any atom is -0.508 e. The Morgan fingerprint density at radius 3 is 2.09 bits per heavy atom. The Balaban J connectivity index is 0.000000224. The van der Waals surface area contributed by atoms with E-state index in [2.05, 4.69) is 4.74 Å². The Kier molecular flexibility index (Phi) is 6.98. The highest BCUT2D eigenvalue weighted by atomic mass is 16.7. The Morgan fingerprint density at radius 2 is 1.59 bits per heavy atom. The van der Waals surface area contributed by atoms with Crippen LogP contribution in [0, 0.1) is 0 Å². The van der Waals surface area contributed by atoms with E-state index in [0.29, 0.717) is 12.4 Å². The summed E-state index contributed by atoms with van der Waals surface area (Å²) in [5, 5.41) is 17.1. The summed E-state index contributed by atoms with van der Waals surface area (Å²) >= 11 is 0. The van der Waals surface area contributed by atoms with Gasteiger partial charge in [0.05, 0.1) is 12.2 Å². The third-order valence-electron chi connectivity index (χ3n) is 2.32. The highest BCUT2D eigenvalue weighted by Crippen LogP contribution is 2.09. The molecule has 0 aliphatic carbocycles. The van der Waals surface area contributed by atoms with Gasteiger partial charge < -0.3 is 19.7 Å². The molecule has 2 aromatic carbocycles. The fourth-order valence-electron chi connectivity index (χ4n) is 1.34. The number of phenols is 1. The standard InChI is InChI=1S/C9H10O3.C7H6O3/c1-2-11-9(10)12-8-6-4-3-5-7-8;8-6-3-1-5(2-4-6)7(9)10/h3-7H,2H2,1H3;1-4,8H,(H,9,10). The fraction of sp³-hybridized carbons (Fsp3) is 0.125. The number of hydrogen-bond donors (Lipinski definition) is 2. The van der Waals surface area contributed by atoms with E-state index < -0.39 is 12.1 Å². The maximum absolute atomic E-state index is 10.8. The molecule has 0 aliphatic rings. The number of aromatic hydroxyl groups is 1. The van der Waals surface area contributed by atoms with Crippen LogP contribution >= 0.6 is 0 Å². The van der Waals surface area contributed by atoms with Crippen LogP contribution in [0.5, 0.6) is 11.5 Å². The monoisotopic (exact) mass is 304 g/mol. The Labute approximate surface area is 127 Å². The lowest BCUT2D eigenvalue weighted by molar-refractivity contribution is 0.0696. The Hall–Kier alpha value is -3.02. The van der Waals surface area contributed by atoms with E-state index >= 15 is 0 Å². The normalized spacial score (nSPS) is 9.14. The molecule has 0 bridgehead atoms. The molecule has 6 nitrogen and oxygen atoms in total. The van der Waals surface area contributed by atoms with Crippen molar-refractivity contribution in [2.24, 2.45) is 0 Å². The van der Waals surface area contributed by atoms with E-state index in [1.165, 1.54) is 24.3 Å². The maximum atomic E-state index is 10.8. The summed E-state index contributed by atoms with van der Waals surface area (Å²) in [7, 11) is 0. The summed E-state index contributed by atoms with van der Waals surface area (Å²) in [5.74, 6) is -0.416. The summed E-state index contributed by atoms with van der Waals surface area (Å²) in [6, 6.07) is 14.2. The van der Waals surface area contributed by atoms with Gasteiger partial charge in [-0.3, -0.25) is 0 Å². The molecule has 0 unspecified atom stereocenters. The SMILES string of the molecule is CCOC(=O)Oc1ccccc1.O=C(O)c1ccc(O)cc1. The number of ether oxygens (including phenoxy) is 2. The van der Waals surface area contributed by atoms with E-state index in [-0.39, 0.29) is 11.3 Å². The van der Waals surface area contributed by atoms with Gasteiger partial charge in [-0.05, 0) is 43.3 Å². The molecule has 22 heavy (non-hydrogen) atoms. The van der Waals surface area contributed by atoms with Crippen molar-refractivity contribution in [3.8, 4) is 11.5 Å². The quantitative estimate of drug-likeness (QED) is 0.667. The lowest BCUT2D eigenvalue weighted by Crippen LogP contribution is -2.09. The molecule has 0 atom stereocenters. The molecule has 6 heteroatoms. The molecule has 0 aliphatic heterocycles. The van der Waals surface area contributed by atoms with E-state index in [1.54, 1.807) is 31.2 Å². The fourth-order valence-corrected chi connectivity index (χ4v) is 1.34. The average Bonchev–Trinajstić information content (AvgIpc) is 2.49. The first-order valence-corrected chi connectivity index (χ1v) is 6.45. The molecular formula is C16H16O6. The lowest BCUT2D eigenvalue weighted by Gasteiger charge is -2.02. The average molecular weight is 304 g/mol. The van der Waals surface area contributed by atoms with Crippen LogP contribution in [0.4, 0.5) is 4.79 Å². The minimum atomic E-state index is -0.986. The second-order valence-electron chi connectivity index (χ2n) is 3.95. The third kappa shape index (κ3) is 6.42. The predicted molar refractivity (Wildman–Crippen MR) is 79.2 cm³/mol. The first-order chi connectivity index (χ1) is 10.5. The number of benzene rings is 2. The molecule has 0 saturated carbocycles. The van der Waals surface area contributed by atoms with Crippen molar-refractivity contribution in [2.75, 3.05) is 6.61 Å². The molecule has 0 amide bonds. The van der Waals surface area contributed by atoms with Gasteiger partial charge in [0.15, 0.2) is 0 Å². The van der Waals surface area contributed by atoms with Gasteiger partial charge in [0.2, 0.25) is 0 Å². The van der Waals surface area contributed by atoms with Gasteiger partial charge in [0, 0.05) is 0 Å². The van der Waals surface area contributed by atoms with Gasteiger partial charge in [0.25, 0.3) is 0 Å². The van der Waals surface area contributed by atoms with Crippen molar-refractivity contribution >= 4 is 12.1 Å². The van der Waals surface area contributed by atoms with Gasteiger partial charge in [-0.2, -0.15) is 0 Å². The number of rotatable bonds is 3. The summed E-state index contributed by atoms with van der Waals surface area (Å²) in [5.41, 5.74) is 0.179. The second-order valence-corrected chi connectivity index (χ2v) is 3.95. The Morgan fingerprint density at radius 1 is 1.00 bits per heavy atom. The topological polar surface area (TPSA) is 93.1 Å². The number of carbonyl (C=O) groups is 2. The number of hydrogen-bond acceptors (Lipinski definition) is 5. The zero-order chi connectivity index (χ0) is 16.4. The summed E-state index contributed by atoms with van der Waals surface area (Å²) in [6.07, 6.45) is -0.663. The molecule has 116 valence electrons. The van der Waals surface area contributed by atoms with Crippen molar-refractivity contribution in [1.82, 2.24) is 0 Å². The van der Waals surface area contributed by atoms with Crippen LogP contribution in [0.2, 0.25) is 0 Å². The second kappa shape index (κ2) is 9.02. The van der Waals surface area contributed by atoms with Crippen molar-refractivity contribution in [2.45, 2.75) is 6.92 Å². The molecule has 0 fully saturated rings. The molecule has 0 saturated heterocycles. The number of aromatic carboxylic acids is 1. The first kappa shape index (κ1) is 17.0. The molecule has 0 spiro atoms. The van der Waals surface area contributed by atoms with Gasteiger partial charge in [-0.15, -0.1) is 0 Å². The summed E-state index contributed by atoms with van der Waals surface area (Å²) in [4.78, 5) is 21.0. The van der Waals surface area contributed by atoms with Gasteiger partial charge in [-0.1, -0.05) is 18.2 Å². The van der Waals surface area contributed by atoms with Crippen molar-refractivity contribution in [1.29, 1.82) is 0 Å². The molecule has 2 aromatic rings. The van der Waals surface area contributed by atoms with Crippen molar-refractivity contribution < 1.29 is 29.3 Å². The predicted octanol–water partition coefficient (Wildman–Crippen LogP) is 3.31. The summed E-state index contributed by atoms with van der Waals surface area (Å²) < 4.78 is 9.38. The van der Waals surface area contributed by atoms with E-state index in [9.17, 15) is 9.59 Å². The molecular weight excluding hydrogens is 288 g/mol. The largest absolute Gasteiger partial charge is 0.513 e. The van der Waals surface area contributed by atoms with Crippen LogP contribution < -0.4 is 4.74 Å². The van der Waals surface area contributed by atoms with Crippen LogP contribution in [0.25, 0.3) is 0 Å². The van der Waals surface area contributed by atoms with Crippen LogP contribution in [-0.4, -0.2) is 28.9 Å².